The van der Waals surface area contributed by atoms with E-state index in [1.54, 1.807) is 0 Å². The second-order valence-corrected chi connectivity index (χ2v) is 8.51. The van der Waals surface area contributed by atoms with Crippen molar-refractivity contribution >= 4 is 19.9 Å². The third-order valence-electron chi connectivity index (χ3n) is 2.41. The molecule has 1 atom stereocenters. The summed E-state index contributed by atoms with van der Waals surface area (Å²) in [6.07, 6.45) is 2.71. The van der Waals surface area contributed by atoms with E-state index in [9.17, 15) is 16.8 Å². The predicted octanol–water partition coefficient (Wildman–Crippen LogP) is -1.09. The summed E-state index contributed by atoms with van der Waals surface area (Å²) in [6, 6.07) is 0. The number of hydrogen-bond acceptors (Lipinski definition) is 5. The van der Waals surface area contributed by atoms with Crippen molar-refractivity contribution in [2.24, 2.45) is 5.92 Å². The van der Waals surface area contributed by atoms with E-state index in [-0.39, 0.29) is 0 Å². The predicted molar refractivity (Wildman–Crippen MR) is 62.2 cm³/mol. The molecule has 1 saturated heterocycles. The van der Waals surface area contributed by atoms with Gasteiger partial charge in [0, 0.05) is 12.8 Å². The molecule has 0 aromatic rings. The molecule has 0 bridgehead atoms. The van der Waals surface area contributed by atoms with Crippen LogP contribution in [0.3, 0.4) is 0 Å². The van der Waals surface area contributed by atoms with Crippen LogP contribution in [0.15, 0.2) is 0 Å². The molecule has 0 aliphatic carbocycles. The lowest BCUT2D eigenvalue weighted by Crippen LogP contribution is -2.31. The minimum Gasteiger partial charge on any atom is -0.316 e. The average Bonchev–Trinajstić information content (AvgIpc) is 2.51. The van der Waals surface area contributed by atoms with Gasteiger partial charge in [-0.1, -0.05) is 0 Å². The Balaban J connectivity index is 2.30. The monoisotopic (exact) mass is 270 g/mol. The first kappa shape index (κ1) is 13.9. The Bertz CT molecular complexity index is 409. The third-order valence-corrected chi connectivity index (χ3v) is 6.00. The molecule has 0 amide bonds. The Morgan fingerprint density at radius 3 is 2.50 bits per heavy atom. The molecule has 1 aliphatic heterocycles. The fourth-order valence-corrected chi connectivity index (χ4v) is 4.72. The fourth-order valence-electron chi connectivity index (χ4n) is 1.70. The normalized spacial score (nSPS) is 22.4. The number of sulfone groups is 1. The maximum absolute atomic E-state index is 11.3. The summed E-state index contributed by atoms with van der Waals surface area (Å²) in [7, 11) is -7.18. The number of nitrogens with one attached hydrogen (secondary N) is 2. The van der Waals surface area contributed by atoms with Gasteiger partial charge in [0.05, 0.1) is 0 Å². The molecule has 0 aromatic heterocycles. The SMILES string of the molecule is CS(=O)(=O)CS(=O)(=O)NCCC1CCNC1. The molecule has 0 saturated carbocycles. The van der Waals surface area contributed by atoms with Gasteiger partial charge in [-0.25, -0.2) is 21.6 Å². The van der Waals surface area contributed by atoms with E-state index in [0.29, 0.717) is 12.5 Å². The molecule has 1 fully saturated rings. The summed E-state index contributed by atoms with van der Waals surface area (Å²) >= 11 is 0. The van der Waals surface area contributed by atoms with Gasteiger partial charge in [-0.05, 0) is 31.8 Å². The highest BCUT2D eigenvalue weighted by Crippen LogP contribution is 2.10. The van der Waals surface area contributed by atoms with Gasteiger partial charge in [-0.3, -0.25) is 0 Å². The molecular formula is C8H18N2O4S2. The molecule has 2 N–H and O–H groups in total. The zero-order valence-corrected chi connectivity index (χ0v) is 10.9. The van der Waals surface area contributed by atoms with E-state index in [1.807, 2.05) is 0 Å². The van der Waals surface area contributed by atoms with Gasteiger partial charge in [-0.2, -0.15) is 0 Å². The van der Waals surface area contributed by atoms with E-state index >= 15 is 0 Å². The smallest absolute Gasteiger partial charge is 0.226 e. The Morgan fingerprint density at radius 1 is 1.31 bits per heavy atom. The molecule has 0 aromatic carbocycles. The minimum atomic E-state index is -3.69. The highest BCUT2D eigenvalue weighted by Gasteiger charge is 2.19. The van der Waals surface area contributed by atoms with Crippen LogP contribution in [0, 0.1) is 5.92 Å². The summed E-state index contributed by atoms with van der Waals surface area (Å²) in [4.78, 5) is 0. The lowest BCUT2D eigenvalue weighted by Gasteiger charge is -2.09. The largest absolute Gasteiger partial charge is 0.316 e. The van der Waals surface area contributed by atoms with Crippen LogP contribution in [0.1, 0.15) is 12.8 Å². The summed E-state index contributed by atoms with van der Waals surface area (Å²) in [5.41, 5.74) is 0. The number of rotatable bonds is 6. The molecule has 0 radical (unpaired) electrons. The van der Waals surface area contributed by atoms with Crippen LogP contribution in [0.2, 0.25) is 0 Å². The Hall–Kier alpha value is -0.180. The number of hydrogen-bond donors (Lipinski definition) is 2. The summed E-state index contributed by atoms with van der Waals surface area (Å²) in [5, 5.41) is 2.35. The molecular weight excluding hydrogens is 252 g/mol. The zero-order valence-electron chi connectivity index (χ0n) is 9.27. The Labute approximate surface area is 96.8 Å². The number of sulfonamides is 1. The van der Waals surface area contributed by atoms with Crippen LogP contribution in [0.25, 0.3) is 0 Å². The van der Waals surface area contributed by atoms with Crippen LogP contribution in [-0.4, -0.2) is 47.8 Å². The van der Waals surface area contributed by atoms with E-state index in [1.165, 1.54) is 0 Å². The highest BCUT2D eigenvalue weighted by molar-refractivity contribution is 8.06. The molecule has 1 heterocycles. The van der Waals surface area contributed by atoms with Crippen molar-refractivity contribution in [2.45, 2.75) is 12.8 Å². The van der Waals surface area contributed by atoms with Crippen LogP contribution >= 0.6 is 0 Å². The lowest BCUT2D eigenvalue weighted by molar-refractivity contribution is 0.520. The van der Waals surface area contributed by atoms with Crippen LogP contribution in [-0.2, 0) is 19.9 Å². The molecule has 0 spiro atoms. The maximum Gasteiger partial charge on any atom is 0.226 e. The quantitative estimate of drug-likeness (QED) is 0.639. The first-order chi connectivity index (χ1) is 7.29. The van der Waals surface area contributed by atoms with Crippen LogP contribution in [0.5, 0.6) is 0 Å². The minimum absolute atomic E-state index is 0.310. The fraction of sp³-hybridized carbons (Fsp3) is 1.00. The maximum atomic E-state index is 11.3. The summed E-state index contributed by atoms with van der Waals surface area (Å²) < 4.78 is 46.6. The summed E-state index contributed by atoms with van der Waals surface area (Å²) in [6.45, 7) is 2.19. The van der Waals surface area contributed by atoms with Gasteiger partial charge in [0.2, 0.25) is 10.0 Å². The Morgan fingerprint density at radius 2 is 2.00 bits per heavy atom. The van der Waals surface area contributed by atoms with Crippen molar-refractivity contribution in [1.82, 2.24) is 10.0 Å². The molecule has 6 nitrogen and oxygen atoms in total. The van der Waals surface area contributed by atoms with E-state index in [4.69, 9.17) is 0 Å². The van der Waals surface area contributed by atoms with E-state index in [2.05, 4.69) is 10.0 Å². The molecule has 8 heteroatoms. The lowest BCUT2D eigenvalue weighted by atomic mass is 10.1. The topological polar surface area (TPSA) is 92.3 Å². The van der Waals surface area contributed by atoms with Crippen molar-refractivity contribution in [3.63, 3.8) is 0 Å². The van der Waals surface area contributed by atoms with Crippen molar-refractivity contribution in [1.29, 1.82) is 0 Å². The highest BCUT2D eigenvalue weighted by atomic mass is 32.3. The second kappa shape index (κ2) is 5.44. The van der Waals surface area contributed by atoms with Crippen molar-refractivity contribution < 1.29 is 16.8 Å². The second-order valence-electron chi connectivity index (χ2n) is 4.20. The van der Waals surface area contributed by atoms with Gasteiger partial charge < -0.3 is 5.32 Å². The molecule has 1 aliphatic rings. The van der Waals surface area contributed by atoms with Gasteiger partial charge in [-0.15, -0.1) is 0 Å². The van der Waals surface area contributed by atoms with E-state index < -0.39 is 24.9 Å². The van der Waals surface area contributed by atoms with Crippen molar-refractivity contribution in [3.05, 3.63) is 0 Å². The Kier molecular flexibility index (Phi) is 4.72. The average molecular weight is 270 g/mol. The molecule has 96 valence electrons. The zero-order chi connectivity index (χ0) is 12.2. The third kappa shape index (κ3) is 5.78. The first-order valence-corrected chi connectivity index (χ1v) is 8.85. The first-order valence-electron chi connectivity index (χ1n) is 5.14. The standard InChI is InChI=1S/C8H18N2O4S2/c1-15(11,12)7-16(13,14)10-5-3-8-2-4-9-6-8/h8-10H,2-7H2,1H3. The van der Waals surface area contributed by atoms with Crippen LogP contribution in [0.4, 0.5) is 0 Å². The van der Waals surface area contributed by atoms with Gasteiger partial charge in [0.15, 0.2) is 14.9 Å². The van der Waals surface area contributed by atoms with Crippen molar-refractivity contribution in [2.75, 3.05) is 31.0 Å². The van der Waals surface area contributed by atoms with Crippen molar-refractivity contribution in [3.8, 4) is 0 Å². The van der Waals surface area contributed by atoms with E-state index in [0.717, 1.165) is 32.2 Å². The molecule has 1 unspecified atom stereocenters. The molecule has 16 heavy (non-hydrogen) atoms. The summed E-state index contributed by atoms with van der Waals surface area (Å²) in [5.74, 6) is 0.487. The van der Waals surface area contributed by atoms with Gasteiger partial charge in [0.25, 0.3) is 0 Å². The van der Waals surface area contributed by atoms with Gasteiger partial charge >= 0.3 is 0 Å². The van der Waals surface area contributed by atoms with Crippen LogP contribution < -0.4 is 10.0 Å². The van der Waals surface area contributed by atoms with Gasteiger partial charge in [0.1, 0.15) is 0 Å². The molecule has 1 rings (SSSR count).